The molecule has 0 saturated heterocycles. The van der Waals surface area contributed by atoms with E-state index in [4.69, 9.17) is 11.6 Å². The van der Waals surface area contributed by atoms with E-state index < -0.39 is 24.9 Å². The van der Waals surface area contributed by atoms with Gasteiger partial charge in [0.25, 0.3) is 0 Å². The average Bonchev–Trinajstić information content (AvgIpc) is 1.73. The molecule has 1 N–H and O–H groups in total. The predicted molar refractivity (Wildman–Crippen MR) is 61.2 cm³/mol. The fourth-order valence-electron chi connectivity index (χ4n) is 1.16. The van der Waals surface area contributed by atoms with Crippen LogP contribution in [0.5, 0.6) is 0 Å². The second kappa shape index (κ2) is 5.47. The molecule has 0 amide bonds. The third kappa shape index (κ3) is 9.10. The van der Waals surface area contributed by atoms with Crippen molar-refractivity contribution in [3.8, 4) is 0 Å². The van der Waals surface area contributed by atoms with Crippen molar-refractivity contribution in [1.29, 1.82) is 0 Å². The monoisotopic (exact) mass is 277 g/mol. The van der Waals surface area contributed by atoms with Gasteiger partial charge in [0.2, 0.25) is 10.0 Å². The van der Waals surface area contributed by atoms with Crippen LogP contribution in [-0.2, 0) is 19.9 Å². The van der Waals surface area contributed by atoms with Crippen LogP contribution in [0.25, 0.3) is 0 Å². The SMILES string of the molecule is CC(Cl)CC(C)NS(=O)(=O)CS(C)(=O)=O. The van der Waals surface area contributed by atoms with Crippen molar-refractivity contribution in [3.63, 3.8) is 0 Å². The Morgan fingerprint density at radius 2 is 1.67 bits per heavy atom. The smallest absolute Gasteiger partial charge is 0.226 e. The summed E-state index contributed by atoms with van der Waals surface area (Å²) >= 11 is 5.68. The second-order valence-electron chi connectivity index (χ2n) is 3.69. The van der Waals surface area contributed by atoms with Gasteiger partial charge in [-0.25, -0.2) is 21.6 Å². The van der Waals surface area contributed by atoms with Gasteiger partial charge in [0, 0.05) is 17.7 Å². The first-order valence-corrected chi connectivity index (χ1v) is 8.48. The Labute approximate surface area is 96.2 Å². The summed E-state index contributed by atoms with van der Waals surface area (Å²) in [5.41, 5.74) is 0. The Morgan fingerprint density at radius 3 is 2.00 bits per heavy atom. The molecule has 0 aromatic carbocycles. The fourth-order valence-corrected chi connectivity index (χ4v) is 4.66. The summed E-state index contributed by atoms with van der Waals surface area (Å²) in [7, 11) is -7.32. The molecule has 0 fully saturated rings. The highest BCUT2D eigenvalue weighted by Gasteiger charge is 2.20. The molecular weight excluding hydrogens is 262 g/mol. The summed E-state index contributed by atoms with van der Waals surface area (Å²) in [6.45, 7) is 3.38. The molecule has 5 nitrogen and oxygen atoms in total. The standard InChI is InChI=1S/C7H16ClNO4S2/c1-6(8)4-7(2)9-15(12,13)5-14(3,10)11/h6-7,9H,4-5H2,1-3H3. The molecular formula is C7H16ClNO4S2. The van der Waals surface area contributed by atoms with Gasteiger partial charge >= 0.3 is 0 Å². The van der Waals surface area contributed by atoms with Crippen LogP contribution in [-0.4, -0.2) is 39.6 Å². The maximum Gasteiger partial charge on any atom is 0.226 e. The molecule has 2 unspecified atom stereocenters. The molecule has 0 rings (SSSR count). The lowest BCUT2D eigenvalue weighted by Gasteiger charge is -2.14. The first-order valence-electron chi connectivity index (χ1n) is 4.33. The van der Waals surface area contributed by atoms with E-state index >= 15 is 0 Å². The zero-order valence-electron chi connectivity index (χ0n) is 8.90. The van der Waals surface area contributed by atoms with Gasteiger partial charge in [-0.15, -0.1) is 11.6 Å². The van der Waals surface area contributed by atoms with Gasteiger partial charge in [0.05, 0.1) is 0 Å². The summed E-state index contributed by atoms with van der Waals surface area (Å²) in [5, 5.41) is -1.05. The van der Waals surface area contributed by atoms with Crippen molar-refractivity contribution in [2.75, 3.05) is 11.3 Å². The quantitative estimate of drug-likeness (QED) is 0.709. The van der Waals surface area contributed by atoms with E-state index in [0.29, 0.717) is 6.42 Å². The average molecular weight is 278 g/mol. The third-order valence-corrected chi connectivity index (χ3v) is 5.32. The lowest BCUT2D eigenvalue weighted by molar-refractivity contribution is 0.547. The molecule has 0 aliphatic carbocycles. The maximum absolute atomic E-state index is 11.3. The third-order valence-electron chi connectivity index (χ3n) is 1.43. The van der Waals surface area contributed by atoms with Crippen LogP contribution < -0.4 is 4.72 Å². The van der Waals surface area contributed by atoms with E-state index in [0.717, 1.165) is 6.26 Å². The van der Waals surface area contributed by atoms with Gasteiger partial charge in [-0.2, -0.15) is 0 Å². The van der Waals surface area contributed by atoms with E-state index in [9.17, 15) is 16.8 Å². The Kier molecular flexibility index (Phi) is 5.52. The predicted octanol–water partition coefficient (Wildman–Crippen LogP) is 0.314. The molecule has 0 spiro atoms. The van der Waals surface area contributed by atoms with Crippen LogP contribution in [0.1, 0.15) is 20.3 Å². The molecule has 0 radical (unpaired) electrons. The largest absolute Gasteiger partial charge is 0.228 e. The number of nitrogens with one attached hydrogen (secondary N) is 1. The van der Waals surface area contributed by atoms with E-state index in [1.807, 2.05) is 0 Å². The Morgan fingerprint density at radius 1 is 1.20 bits per heavy atom. The molecule has 0 bridgehead atoms. The van der Waals surface area contributed by atoms with Crippen molar-refractivity contribution in [3.05, 3.63) is 0 Å². The van der Waals surface area contributed by atoms with E-state index in [2.05, 4.69) is 4.72 Å². The first-order chi connectivity index (χ1) is 6.52. The van der Waals surface area contributed by atoms with Crippen molar-refractivity contribution < 1.29 is 16.8 Å². The molecule has 0 aliphatic heterocycles. The van der Waals surface area contributed by atoms with E-state index in [1.165, 1.54) is 0 Å². The highest BCUT2D eigenvalue weighted by atomic mass is 35.5. The van der Waals surface area contributed by atoms with Gasteiger partial charge in [-0.3, -0.25) is 0 Å². The Bertz CT molecular complexity index is 387. The first kappa shape index (κ1) is 15.2. The minimum atomic E-state index is -3.78. The molecule has 2 atom stereocenters. The number of sulfonamides is 1. The number of hydrogen-bond donors (Lipinski definition) is 1. The van der Waals surface area contributed by atoms with Gasteiger partial charge in [0.1, 0.15) is 0 Å². The molecule has 15 heavy (non-hydrogen) atoms. The van der Waals surface area contributed by atoms with E-state index in [-0.39, 0.29) is 11.4 Å². The lowest BCUT2D eigenvalue weighted by Crippen LogP contribution is -2.37. The number of sulfone groups is 1. The zero-order valence-corrected chi connectivity index (χ0v) is 11.3. The van der Waals surface area contributed by atoms with E-state index in [1.54, 1.807) is 13.8 Å². The second-order valence-corrected chi connectivity index (χ2v) is 8.70. The zero-order chi connectivity index (χ0) is 12.3. The lowest BCUT2D eigenvalue weighted by atomic mass is 10.2. The van der Waals surface area contributed by atoms with Crippen LogP contribution >= 0.6 is 11.6 Å². The van der Waals surface area contributed by atoms with Crippen LogP contribution in [0.4, 0.5) is 0 Å². The van der Waals surface area contributed by atoms with Crippen LogP contribution in [0, 0.1) is 0 Å². The van der Waals surface area contributed by atoms with Crippen molar-refractivity contribution in [2.45, 2.75) is 31.7 Å². The number of rotatable bonds is 6. The normalized spacial score (nSPS) is 17.3. The van der Waals surface area contributed by atoms with Gasteiger partial charge in [-0.1, -0.05) is 0 Å². The molecule has 0 heterocycles. The van der Waals surface area contributed by atoms with Gasteiger partial charge in [0.15, 0.2) is 14.9 Å². The van der Waals surface area contributed by atoms with Crippen molar-refractivity contribution >= 4 is 31.5 Å². The van der Waals surface area contributed by atoms with Gasteiger partial charge in [-0.05, 0) is 20.3 Å². The fraction of sp³-hybridized carbons (Fsp3) is 1.00. The molecule has 0 aliphatic rings. The topological polar surface area (TPSA) is 80.3 Å². The number of hydrogen-bond acceptors (Lipinski definition) is 4. The minimum Gasteiger partial charge on any atom is -0.228 e. The Balaban J connectivity index is 4.40. The summed E-state index contributed by atoms with van der Waals surface area (Å²) in [6.07, 6.45) is 1.33. The molecule has 92 valence electrons. The Hall–Kier alpha value is 0.150. The van der Waals surface area contributed by atoms with Crippen molar-refractivity contribution in [2.24, 2.45) is 0 Å². The highest BCUT2D eigenvalue weighted by Crippen LogP contribution is 2.05. The van der Waals surface area contributed by atoms with Crippen molar-refractivity contribution in [1.82, 2.24) is 4.72 Å². The molecule has 8 heteroatoms. The van der Waals surface area contributed by atoms with Crippen LogP contribution in [0.2, 0.25) is 0 Å². The molecule has 0 saturated carbocycles. The molecule has 0 aromatic rings. The maximum atomic E-state index is 11.3. The number of halogens is 1. The summed E-state index contributed by atoms with van der Waals surface area (Å²) in [5.74, 6) is 0. The summed E-state index contributed by atoms with van der Waals surface area (Å²) in [6, 6.07) is -0.371. The van der Waals surface area contributed by atoms with Gasteiger partial charge < -0.3 is 0 Å². The minimum absolute atomic E-state index is 0.166. The summed E-state index contributed by atoms with van der Waals surface area (Å²) < 4.78 is 46.5. The number of alkyl halides is 1. The van der Waals surface area contributed by atoms with Crippen LogP contribution in [0.3, 0.4) is 0 Å². The van der Waals surface area contributed by atoms with Crippen LogP contribution in [0.15, 0.2) is 0 Å². The highest BCUT2D eigenvalue weighted by molar-refractivity contribution is 8.06. The summed E-state index contributed by atoms with van der Waals surface area (Å²) in [4.78, 5) is 0. The molecule has 0 aromatic heterocycles.